The van der Waals surface area contributed by atoms with Gasteiger partial charge in [-0.15, -0.1) is 23.2 Å². The highest BCUT2D eigenvalue weighted by Crippen LogP contribution is 2.37. The number of aromatic nitrogens is 2. The Balaban J connectivity index is 0.000000200. The molecule has 0 radical (unpaired) electrons. The van der Waals surface area contributed by atoms with Crippen LogP contribution >= 0.6 is 69.6 Å². The van der Waals surface area contributed by atoms with Crippen molar-refractivity contribution < 1.29 is 0 Å². The van der Waals surface area contributed by atoms with Crippen LogP contribution in [0.25, 0.3) is 0 Å². The van der Waals surface area contributed by atoms with E-state index in [4.69, 9.17) is 69.6 Å². The molecule has 0 spiro atoms. The van der Waals surface area contributed by atoms with Crippen LogP contribution in [-0.2, 0) is 3.79 Å². The summed E-state index contributed by atoms with van der Waals surface area (Å²) in [5.41, 5.74) is 1.34. The van der Waals surface area contributed by atoms with Crippen LogP contribution in [0.1, 0.15) is 16.0 Å². The molecule has 0 fully saturated rings. The molecule has 2 rings (SSSR count). The molecule has 0 N–H and O–H groups in total. The summed E-state index contributed by atoms with van der Waals surface area (Å²) in [5, 5.41) is 0.442. The summed E-state index contributed by atoms with van der Waals surface area (Å²) >= 11 is 33.2. The minimum absolute atomic E-state index is 0.442. The lowest BCUT2D eigenvalue weighted by Crippen LogP contribution is -1.99. The maximum absolute atomic E-state index is 5.55. The standard InChI is InChI=1S/2C6H4Cl3N/c7-5-2-1-4(3-10-5)6(8)9;7-6(8,9)5-2-1-3-10-4-5/h1-3,6H;1-4H. The van der Waals surface area contributed by atoms with Crippen LogP contribution in [0.3, 0.4) is 0 Å². The van der Waals surface area contributed by atoms with Crippen LogP contribution in [0.4, 0.5) is 0 Å². The largest absolute Gasteiger partial charge is 0.264 e. The number of nitrogens with zero attached hydrogens (tertiary/aromatic N) is 2. The van der Waals surface area contributed by atoms with Gasteiger partial charge in [0, 0.05) is 29.7 Å². The van der Waals surface area contributed by atoms with Gasteiger partial charge in [0.05, 0.1) is 0 Å². The Kier molecular flexibility index (Phi) is 7.67. The molecule has 0 atom stereocenters. The van der Waals surface area contributed by atoms with Gasteiger partial charge in [0.15, 0.2) is 0 Å². The summed E-state index contributed by atoms with van der Waals surface area (Å²) in [6, 6.07) is 6.81. The molecule has 2 heterocycles. The molecule has 0 amide bonds. The lowest BCUT2D eigenvalue weighted by Gasteiger charge is -2.08. The maximum Gasteiger partial charge on any atom is 0.217 e. The van der Waals surface area contributed by atoms with Crippen molar-refractivity contribution in [2.24, 2.45) is 0 Å². The number of halogens is 6. The van der Waals surface area contributed by atoms with E-state index in [-0.39, 0.29) is 0 Å². The Bertz CT molecular complexity index is 510. The molecule has 0 aliphatic rings. The van der Waals surface area contributed by atoms with Gasteiger partial charge in [0.2, 0.25) is 3.79 Å². The normalized spacial score (nSPS) is 10.9. The predicted molar refractivity (Wildman–Crippen MR) is 87.2 cm³/mol. The molecule has 0 bridgehead atoms. The molecule has 8 heteroatoms. The van der Waals surface area contributed by atoms with Gasteiger partial charge < -0.3 is 0 Å². The maximum atomic E-state index is 5.55. The number of rotatable bonds is 1. The SMILES string of the molecule is ClC(Cl)(Cl)c1cccnc1.Clc1ccc(C(Cl)Cl)cn1. The van der Waals surface area contributed by atoms with Crippen molar-refractivity contribution in [3.05, 3.63) is 59.1 Å². The summed E-state index contributed by atoms with van der Waals surface area (Å²) < 4.78 is -1.35. The summed E-state index contributed by atoms with van der Waals surface area (Å²) in [7, 11) is 0. The fraction of sp³-hybridized carbons (Fsp3) is 0.167. The van der Waals surface area contributed by atoms with Gasteiger partial charge in [-0.1, -0.05) is 58.5 Å². The smallest absolute Gasteiger partial charge is 0.217 e. The van der Waals surface area contributed by atoms with Crippen LogP contribution in [0.5, 0.6) is 0 Å². The highest BCUT2D eigenvalue weighted by molar-refractivity contribution is 6.66. The predicted octanol–water partition coefficient (Wildman–Crippen LogP) is 6.12. The second-order valence-corrected chi connectivity index (χ2v) is 7.22. The van der Waals surface area contributed by atoms with E-state index in [0.717, 1.165) is 5.56 Å². The summed E-state index contributed by atoms with van der Waals surface area (Å²) in [4.78, 5) is 7.07. The third-order valence-corrected chi connectivity index (χ3v) is 3.37. The second-order valence-electron chi connectivity index (χ2n) is 3.45. The Morgan fingerprint density at radius 2 is 1.70 bits per heavy atom. The molecule has 0 saturated carbocycles. The number of hydrogen-bond acceptors (Lipinski definition) is 2. The monoisotopic (exact) mass is 390 g/mol. The minimum Gasteiger partial charge on any atom is -0.264 e. The molecule has 0 unspecified atom stereocenters. The Morgan fingerprint density at radius 3 is 2.05 bits per heavy atom. The minimum atomic E-state index is -1.35. The summed E-state index contributed by atoms with van der Waals surface area (Å²) in [5.74, 6) is 0. The lowest BCUT2D eigenvalue weighted by molar-refractivity contribution is 1.17. The first-order valence-corrected chi connectivity index (χ1v) is 7.56. The molecule has 2 nitrogen and oxygen atoms in total. The molecule has 2 aromatic heterocycles. The van der Waals surface area contributed by atoms with Crippen LogP contribution in [-0.4, -0.2) is 9.97 Å². The van der Waals surface area contributed by atoms with Gasteiger partial charge in [0.25, 0.3) is 0 Å². The van der Waals surface area contributed by atoms with Crippen LogP contribution in [0.2, 0.25) is 5.15 Å². The van der Waals surface area contributed by atoms with Gasteiger partial charge in [-0.3, -0.25) is 4.98 Å². The molecule has 2 aromatic rings. The topological polar surface area (TPSA) is 25.8 Å². The van der Waals surface area contributed by atoms with E-state index in [0.29, 0.717) is 10.7 Å². The summed E-state index contributed by atoms with van der Waals surface area (Å²) in [6.45, 7) is 0. The Labute approximate surface area is 146 Å². The van der Waals surface area contributed by atoms with Crippen molar-refractivity contribution >= 4 is 69.6 Å². The van der Waals surface area contributed by atoms with Crippen molar-refractivity contribution in [1.82, 2.24) is 9.97 Å². The van der Waals surface area contributed by atoms with E-state index in [1.165, 1.54) is 6.20 Å². The lowest BCUT2D eigenvalue weighted by atomic mass is 10.3. The first-order chi connectivity index (χ1) is 9.30. The highest BCUT2D eigenvalue weighted by atomic mass is 35.6. The number of pyridine rings is 2. The molecule has 108 valence electrons. The molecular formula is C12H8Cl6N2. The second kappa shape index (κ2) is 8.47. The quantitative estimate of drug-likeness (QED) is 0.431. The summed E-state index contributed by atoms with van der Waals surface area (Å²) in [6.07, 6.45) is 4.69. The Morgan fingerprint density at radius 1 is 1.00 bits per heavy atom. The van der Waals surface area contributed by atoms with E-state index in [1.54, 1.807) is 36.7 Å². The zero-order valence-corrected chi connectivity index (χ0v) is 14.3. The van der Waals surface area contributed by atoms with E-state index in [2.05, 4.69) is 9.97 Å². The van der Waals surface area contributed by atoms with Crippen molar-refractivity contribution in [2.75, 3.05) is 0 Å². The number of alkyl halides is 5. The van der Waals surface area contributed by atoms with E-state index in [1.807, 2.05) is 0 Å². The molecule has 0 aliphatic heterocycles. The fourth-order valence-electron chi connectivity index (χ4n) is 1.05. The fourth-order valence-corrected chi connectivity index (χ4v) is 1.75. The van der Waals surface area contributed by atoms with E-state index in [9.17, 15) is 0 Å². The first-order valence-electron chi connectivity index (χ1n) is 5.17. The third-order valence-electron chi connectivity index (χ3n) is 1.99. The number of hydrogen-bond donors (Lipinski definition) is 0. The van der Waals surface area contributed by atoms with Crippen molar-refractivity contribution in [1.29, 1.82) is 0 Å². The van der Waals surface area contributed by atoms with Crippen LogP contribution in [0, 0.1) is 0 Å². The van der Waals surface area contributed by atoms with Gasteiger partial charge >= 0.3 is 0 Å². The Hall–Kier alpha value is 0.0400. The van der Waals surface area contributed by atoms with Crippen LogP contribution in [0.15, 0.2) is 42.9 Å². The van der Waals surface area contributed by atoms with Gasteiger partial charge in [-0.05, 0) is 12.1 Å². The molecule has 0 aliphatic carbocycles. The van der Waals surface area contributed by atoms with E-state index < -0.39 is 8.63 Å². The zero-order valence-electron chi connectivity index (χ0n) is 9.78. The highest BCUT2D eigenvalue weighted by Gasteiger charge is 2.21. The average Bonchev–Trinajstić information content (AvgIpc) is 2.40. The van der Waals surface area contributed by atoms with Crippen molar-refractivity contribution in [2.45, 2.75) is 8.63 Å². The van der Waals surface area contributed by atoms with Gasteiger partial charge in [-0.25, -0.2) is 4.98 Å². The molecule has 20 heavy (non-hydrogen) atoms. The van der Waals surface area contributed by atoms with Crippen molar-refractivity contribution in [3.8, 4) is 0 Å². The van der Waals surface area contributed by atoms with E-state index >= 15 is 0 Å². The van der Waals surface area contributed by atoms with Crippen LogP contribution < -0.4 is 0 Å². The molecule has 0 aromatic carbocycles. The average molecular weight is 393 g/mol. The zero-order chi connectivity index (χ0) is 15.2. The molecular weight excluding hydrogens is 385 g/mol. The first kappa shape index (κ1) is 18.1. The van der Waals surface area contributed by atoms with Crippen molar-refractivity contribution in [3.63, 3.8) is 0 Å². The van der Waals surface area contributed by atoms with Gasteiger partial charge in [0.1, 0.15) is 9.99 Å². The third kappa shape index (κ3) is 6.66. The van der Waals surface area contributed by atoms with Gasteiger partial charge in [-0.2, -0.15) is 0 Å². The molecule has 0 saturated heterocycles.